The molecule has 2 heterocycles. The molecule has 3 amide bonds. The van der Waals surface area contributed by atoms with Crippen LogP contribution in [0.4, 0.5) is 10.5 Å². The number of rotatable bonds is 3. The molecule has 0 spiro atoms. The number of anilines is 1. The van der Waals surface area contributed by atoms with Crippen molar-refractivity contribution in [3.8, 4) is 0 Å². The topological polar surface area (TPSA) is 89.9 Å². The van der Waals surface area contributed by atoms with Crippen molar-refractivity contribution in [3.63, 3.8) is 0 Å². The summed E-state index contributed by atoms with van der Waals surface area (Å²) in [6.45, 7) is 1.44. The number of carbonyl (C=O) groups is 3. The first-order valence-electron chi connectivity index (χ1n) is 8.80. The smallest absolute Gasteiger partial charge is 0.326 e. The van der Waals surface area contributed by atoms with Crippen LogP contribution in [0.2, 0.25) is 0 Å². The van der Waals surface area contributed by atoms with E-state index in [4.69, 9.17) is 0 Å². The van der Waals surface area contributed by atoms with E-state index in [0.717, 1.165) is 11.1 Å². The van der Waals surface area contributed by atoms with Gasteiger partial charge in [-0.15, -0.1) is 0 Å². The number of nitrogens with zero attached hydrogens (tertiary/aromatic N) is 2. The largest absolute Gasteiger partial charge is 0.480 e. The Hall–Kier alpha value is -3.35. The molecule has 2 N–H and O–H groups in total. The van der Waals surface area contributed by atoms with Crippen LogP contribution in [-0.2, 0) is 17.8 Å². The molecule has 2 aromatic rings. The summed E-state index contributed by atoms with van der Waals surface area (Å²) in [5.74, 6) is -1.34. The van der Waals surface area contributed by atoms with Crippen molar-refractivity contribution in [2.45, 2.75) is 19.0 Å². The molecule has 27 heavy (non-hydrogen) atoms. The van der Waals surface area contributed by atoms with Crippen LogP contribution in [0.1, 0.15) is 21.5 Å². The predicted molar refractivity (Wildman–Crippen MR) is 98.6 cm³/mol. The Morgan fingerprint density at radius 1 is 1.04 bits per heavy atom. The van der Waals surface area contributed by atoms with Crippen molar-refractivity contribution < 1.29 is 19.5 Å². The third-order valence-corrected chi connectivity index (χ3v) is 5.08. The van der Waals surface area contributed by atoms with Gasteiger partial charge >= 0.3 is 12.0 Å². The number of fused-ring (bicyclic) bond motifs is 1. The highest BCUT2D eigenvalue weighted by Gasteiger charge is 2.35. The second kappa shape index (κ2) is 6.75. The minimum atomic E-state index is -1.01. The second-order valence-electron chi connectivity index (χ2n) is 6.69. The minimum absolute atomic E-state index is 0.160. The zero-order chi connectivity index (χ0) is 19.0. The molecule has 0 radical (unpaired) electrons. The molecule has 2 aromatic carbocycles. The molecule has 0 bridgehead atoms. The minimum Gasteiger partial charge on any atom is -0.480 e. The van der Waals surface area contributed by atoms with Crippen molar-refractivity contribution in [2.24, 2.45) is 0 Å². The van der Waals surface area contributed by atoms with E-state index in [1.165, 1.54) is 4.90 Å². The van der Waals surface area contributed by atoms with Crippen LogP contribution in [0.3, 0.4) is 0 Å². The molecule has 0 saturated carbocycles. The molecule has 1 saturated heterocycles. The van der Waals surface area contributed by atoms with Gasteiger partial charge in [0.1, 0.15) is 6.04 Å². The first-order valence-corrected chi connectivity index (χ1v) is 8.80. The average Bonchev–Trinajstić information content (AvgIpc) is 3.12. The highest BCUT2D eigenvalue weighted by molar-refractivity contribution is 5.98. The first-order chi connectivity index (χ1) is 13.0. The lowest BCUT2D eigenvalue weighted by Crippen LogP contribution is -2.48. The summed E-state index contributed by atoms with van der Waals surface area (Å²) in [5.41, 5.74) is 3.04. The van der Waals surface area contributed by atoms with Crippen LogP contribution in [-0.4, -0.2) is 47.0 Å². The Balaban J connectivity index is 1.59. The van der Waals surface area contributed by atoms with Gasteiger partial charge in [0.05, 0.1) is 0 Å². The Bertz CT molecular complexity index is 910. The molecule has 0 aliphatic carbocycles. The van der Waals surface area contributed by atoms with E-state index in [1.807, 2.05) is 24.3 Å². The van der Waals surface area contributed by atoms with Gasteiger partial charge < -0.3 is 15.3 Å². The second-order valence-corrected chi connectivity index (χ2v) is 6.69. The van der Waals surface area contributed by atoms with Crippen molar-refractivity contribution in [3.05, 3.63) is 65.2 Å². The average molecular weight is 365 g/mol. The number of carboxylic acid groups (broad SMARTS) is 1. The summed E-state index contributed by atoms with van der Waals surface area (Å²) in [6.07, 6.45) is 0.295. The molecular weight excluding hydrogens is 346 g/mol. The molecule has 2 aliphatic heterocycles. The summed E-state index contributed by atoms with van der Waals surface area (Å²) in [5, 5.41) is 12.3. The highest BCUT2D eigenvalue weighted by atomic mass is 16.4. The van der Waals surface area contributed by atoms with Crippen LogP contribution in [0.15, 0.2) is 48.5 Å². The summed E-state index contributed by atoms with van der Waals surface area (Å²) >= 11 is 0. The van der Waals surface area contributed by atoms with Gasteiger partial charge in [-0.3, -0.25) is 9.69 Å². The van der Waals surface area contributed by atoms with Gasteiger partial charge in [0, 0.05) is 37.3 Å². The van der Waals surface area contributed by atoms with Crippen molar-refractivity contribution in [1.29, 1.82) is 0 Å². The van der Waals surface area contributed by atoms with Gasteiger partial charge in [-0.25, -0.2) is 9.59 Å². The normalized spacial score (nSPS) is 18.8. The van der Waals surface area contributed by atoms with Gasteiger partial charge in [0.2, 0.25) is 0 Å². The van der Waals surface area contributed by atoms with E-state index in [1.54, 1.807) is 29.2 Å². The molecular formula is C20H19N3O4. The Morgan fingerprint density at radius 2 is 1.74 bits per heavy atom. The summed E-state index contributed by atoms with van der Waals surface area (Å²) in [6, 6.07) is 13.2. The fraction of sp³-hybridized carbons (Fsp3) is 0.250. The van der Waals surface area contributed by atoms with Gasteiger partial charge in [0.15, 0.2) is 0 Å². The van der Waals surface area contributed by atoms with Gasteiger partial charge in [-0.2, -0.15) is 0 Å². The molecule has 7 nitrogen and oxygen atoms in total. The molecule has 0 unspecified atom stereocenters. The van der Waals surface area contributed by atoms with Gasteiger partial charge in [-0.05, 0) is 35.4 Å². The molecule has 2 aliphatic rings. The van der Waals surface area contributed by atoms with Gasteiger partial charge in [0.25, 0.3) is 5.91 Å². The molecule has 4 rings (SSSR count). The number of carboxylic acids is 1. The zero-order valence-electron chi connectivity index (χ0n) is 14.6. The summed E-state index contributed by atoms with van der Waals surface area (Å²) in [7, 11) is 0. The number of urea groups is 1. The van der Waals surface area contributed by atoms with Crippen molar-refractivity contribution >= 4 is 23.6 Å². The van der Waals surface area contributed by atoms with Crippen LogP contribution in [0, 0.1) is 0 Å². The fourth-order valence-corrected chi connectivity index (χ4v) is 3.62. The molecule has 1 fully saturated rings. The number of aliphatic carboxylic acids is 1. The number of hydrogen-bond acceptors (Lipinski definition) is 3. The highest BCUT2D eigenvalue weighted by Crippen LogP contribution is 2.26. The number of carbonyl (C=O) groups excluding carboxylic acids is 2. The van der Waals surface area contributed by atoms with E-state index in [9.17, 15) is 19.5 Å². The maximum absolute atomic E-state index is 13.0. The quantitative estimate of drug-likeness (QED) is 0.869. The summed E-state index contributed by atoms with van der Waals surface area (Å²) < 4.78 is 0. The third-order valence-electron chi connectivity index (χ3n) is 5.08. The van der Waals surface area contributed by atoms with Crippen LogP contribution < -0.4 is 10.2 Å². The van der Waals surface area contributed by atoms with Crippen molar-refractivity contribution in [2.75, 3.05) is 18.0 Å². The number of amides is 3. The van der Waals surface area contributed by atoms with E-state index in [-0.39, 0.29) is 18.5 Å². The van der Waals surface area contributed by atoms with Crippen LogP contribution >= 0.6 is 0 Å². The lowest BCUT2D eigenvalue weighted by Gasteiger charge is -2.34. The van der Waals surface area contributed by atoms with Crippen molar-refractivity contribution in [1.82, 2.24) is 10.2 Å². The molecule has 7 heteroatoms. The lowest BCUT2D eigenvalue weighted by molar-refractivity contribution is -0.142. The van der Waals surface area contributed by atoms with E-state index < -0.39 is 12.0 Å². The molecule has 1 atom stereocenters. The van der Waals surface area contributed by atoms with Crippen LogP contribution in [0.5, 0.6) is 0 Å². The maximum atomic E-state index is 13.0. The SMILES string of the molecule is O=C(O)[C@@H]1Cc2ccccc2CN1C(=O)c1ccc(N2CCNC2=O)cc1. The van der Waals surface area contributed by atoms with Gasteiger partial charge in [-0.1, -0.05) is 24.3 Å². The van der Waals surface area contributed by atoms with Crippen LogP contribution in [0.25, 0.3) is 0 Å². The number of hydrogen-bond donors (Lipinski definition) is 2. The predicted octanol–water partition coefficient (Wildman–Crippen LogP) is 1.87. The Morgan fingerprint density at radius 3 is 2.37 bits per heavy atom. The first kappa shape index (κ1) is 17.1. The monoisotopic (exact) mass is 365 g/mol. The lowest BCUT2D eigenvalue weighted by atomic mass is 9.93. The Labute approximate surface area is 156 Å². The molecule has 138 valence electrons. The number of nitrogens with one attached hydrogen (secondary N) is 1. The van der Waals surface area contributed by atoms with E-state index in [0.29, 0.717) is 30.8 Å². The Kier molecular flexibility index (Phi) is 4.27. The number of benzene rings is 2. The fourth-order valence-electron chi connectivity index (χ4n) is 3.62. The summed E-state index contributed by atoms with van der Waals surface area (Å²) in [4.78, 5) is 39.5. The molecule has 0 aromatic heterocycles. The standard InChI is InChI=1S/C20H19N3O4/c24-18(13-5-7-16(8-6-13)22-10-9-21-20(22)27)23-12-15-4-2-1-3-14(15)11-17(23)19(25)26/h1-8,17H,9-12H2,(H,21,27)(H,25,26)/t17-/m0/s1. The van der Waals surface area contributed by atoms with E-state index in [2.05, 4.69) is 5.32 Å². The third kappa shape index (κ3) is 3.12. The van der Waals surface area contributed by atoms with E-state index >= 15 is 0 Å². The maximum Gasteiger partial charge on any atom is 0.326 e. The zero-order valence-corrected chi connectivity index (χ0v) is 14.6.